The molecule has 2 aromatic rings. The lowest BCUT2D eigenvalue weighted by atomic mass is 9.78. The van der Waals surface area contributed by atoms with Gasteiger partial charge in [-0.3, -0.25) is 9.59 Å². The summed E-state index contributed by atoms with van der Waals surface area (Å²) in [4.78, 5) is 27.1. The zero-order valence-corrected chi connectivity index (χ0v) is 14.3. The molecule has 2 aromatic heterocycles. The van der Waals surface area contributed by atoms with E-state index in [1.165, 1.54) is 6.07 Å². The summed E-state index contributed by atoms with van der Waals surface area (Å²) in [6.45, 7) is 4.47. The van der Waals surface area contributed by atoms with E-state index in [2.05, 4.69) is 5.16 Å². The van der Waals surface area contributed by atoms with Crippen molar-refractivity contribution in [2.45, 2.75) is 32.2 Å². The lowest BCUT2D eigenvalue weighted by molar-refractivity contribution is 0.0435. The summed E-state index contributed by atoms with van der Waals surface area (Å²) in [6.07, 6.45) is 0.875. The molecule has 1 amide bonds. The van der Waals surface area contributed by atoms with E-state index in [0.29, 0.717) is 30.1 Å². The quantitative estimate of drug-likeness (QED) is 0.886. The molecule has 0 saturated carbocycles. The Morgan fingerprint density at radius 1 is 1.36 bits per heavy atom. The molecule has 1 saturated heterocycles. The molecule has 25 heavy (non-hydrogen) atoms. The molecule has 2 bridgehead atoms. The van der Waals surface area contributed by atoms with Gasteiger partial charge in [-0.1, -0.05) is 11.2 Å². The minimum absolute atomic E-state index is 0.0563. The van der Waals surface area contributed by atoms with Gasteiger partial charge in [-0.05, 0) is 26.3 Å². The summed E-state index contributed by atoms with van der Waals surface area (Å²) in [5.41, 5.74) is 1.93. The third-order valence-electron chi connectivity index (χ3n) is 5.52. The molecule has 4 rings (SSSR count). The van der Waals surface area contributed by atoms with Crippen LogP contribution in [0.3, 0.4) is 0 Å². The molecule has 7 heteroatoms. The van der Waals surface area contributed by atoms with E-state index in [9.17, 15) is 14.7 Å². The molecule has 1 N–H and O–H groups in total. The first-order valence-electron chi connectivity index (χ1n) is 8.55. The van der Waals surface area contributed by atoms with Gasteiger partial charge in [-0.2, -0.15) is 0 Å². The van der Waals surface area contributed by atoms with Crippen molar-refractivity contribution < 1.29 is 14.4 Å². The van der Waals surface area contributed by atoms with Crippen LogP contribution in [0.2, 0.25) is 0 Å². The predicted molar refractivity (Wildman–Crippen MR) is 89.6 cm³/mol. The fraction of sp³-hybridized carbons (Fsp3) is 0.500. The van der Waals surface area contributed by atoms with E-state index >= 15 is 0 Å². The Hall–Kier alpha value is -2.41. The number of aliphatic hydroxyl groups is 1. The zero-order chi connectivity index (χ0) is 17.7. The highest BCUT2D eigenvalue weighted by atomic mass is 16.5. The van der Waals surface area contributed by atoms with Crippen LogP contribution >= 0.6 is 0 Å². The second-order valence-electron chi connectivity index (χ2n) is 7.01. The van der Waals surface area contributed by atoms with Gasteiger partial charge in [0.05, 0.1) is 18.3 Å². The van der Waals surface area contributed by atoms with Crippen LogP contribution in [0.4, 0.5) is 0 Å². The van der Waals surface area contributed by atoms with Crippen molar-refractivity contribution in [3.8, 4) is 0 Å². The average Bonchev–Trinajstić information content (AvgIpc) is 2.94. The summed E-state index contributed by atoms with van der Waals surface area (Å²) in [6, 6.07) is 4.91. The molecule has 3 atom stereocenters. The summed E-state index contributed by atoms with van der Waals surface area (Å²) in [5.74, 6) is 0.587. The van der Waals surface area contributed by atoms with Gasteiger partial charge in [0.25, 0.3) is 11.5 Å². The SMILES string of the molecule is Cc1noc(C)c1C(=O)N1C[C@H]2C[C@@H](C1)[C@H](CO)n1c2cccc1=O. The number of carbonyl (C=O) groups excluding carboxylic acids is 1. The van der Waals surface area contributed by atoms with Gasteiger partial charge in [0.1, 0.15) is 11.3 Å². The van der Waals surface area contributed by atoms with E-state index in [0.717, 1.165) is 12.1 Å². The fourth-order valence-electron chi connectivity index (χ4n) is 4.39. The Morgan fingerprint density at radius 2 is 2.16 bits per heavy atom. The number of hydrogen-bond acceptors (Lipinski definition) is 5. The van der Waals surface area contributed by atoms with Crippen molar-refractivity contribution in [2.75, 3.05) is 19.7 Å². The average molecular weight is 343 g/mol. The summed E-state index contributed by atoms with van der Waals surface area (Å²) < 4.78 is 6.85. The largest absolute Gasteiger partial charge is 0.394 e. The van der Waals surface area contributed by atoms with Gasteiger partial charge in [-0.15, -0.1) is 0 Å². The number of hydrogen-bond donors (Lipinski definition) is 1. The lowest BCUT2D eigenvalue weighted by Crippen LogP contribution is -2.52. The molecule has 0 aliphatic carbocycles. The monoisotopic (exact) mass is 343 g/mol. The Labute approximate surface area is 144 Å². The first-order valence-corrected chi connectivity index (χ1v) is 8.55. The van der Waals surface area contributed by atoms with Crippen molar-refractivity contribution in [1.82, 2.24) is 14.6 Å². The highest BCUT2D eigenvalue weighted by Gasteiger charge is 2.42. The molecular weight excluding hydrogens is 322 g/mol. The number of aromatic nitrogens is 2. The highest BCUT2D eigenvalue weighted by Crippen LogP contribution is 2.41. The third-order valence-corrected chi connectivity index (χ3v) is 5.52. The van der Waals surface area contributed by atoms with Crippen molar-refractivity contribution >= 4 is 5.91 Å². The smallest absolute Gasteiger partial charge is 0.259 e. The molecule has 0 unspecified atom stereocenters. The first kappa shape index (κ1) is 16.1. The fourth-order valence-corrected chi connectivity index (χ4v) is 4.39. The summed E-state index contributed by atoms with van der Waals surface area (Å²) in [7, 11) is 0. The Morgan fingerprint density at radius 3 is 2.84 bits per heavy atom. The zero-order valence-electron chi connectivity index (χ0n) is 14.3. The van der Waals surface area contributed by atoms with Crippen LogP contribution in [0.25, 0.3) is 0 Å². The molecule has 4 heterocycles. The molecule has 0 spiro atoms. The second-order valence-corrected chi connectivity index (χ2v) is 7.01. The van der Waals surface area contributed by atoms with Crippen molar-refractivity contribution in [3.05, 3.63) is 51.3 Å². The van der Waals surface area contributed by atoms with Gasteiger partial charge in [0.2, 0.25) is 0 Å². The molecule has 2 aliphatic heterocycles. The summed E-state index contributed by atoms with van der Waals surface area (Å²) in [5, 5.41) is 13.8. The number of aryl methyl sites for hydroxylation is 2. The number of nitrogens with zero attached hydrogens (tertiary/aromatic N) is 3. The van der Waals surface area contributed by atoms with Crippen LogP contribution in [0.15, 0.2) is 27.5 Å². The number of pyridine rings is 1. The predicted octanol–water partition coefficient (Wildman–Crippen LogP) is 1.25. The Bertz CT molecular complexity index is 865. The maximum Gasteiger partial charge on any atom is 0.259 e. The summed E-state index contributed by atoms with van der Waals surface area (Å²) >= 11 is 0. The molecule has 0 radical (unpaired) electrons. The first-order chi connectivity index (χ1) is 12.0. The number of fused-ring (bicyclic) bond motifs is 4. The minimum atomic E-state index is -0.291. The third kappa shape index (κ3) is 2.41. The lowest BCUT2D eigenvalue weighted by Gasteiger charge is -2.46. The molecule has 2 aliphatic rings. The van der Waals surface area contributed by atoms with E-state index < -0.39 is 0 Å². The molecular formula is C18H21N3O4. The number of piperidine rings is 1. The van der Waals surface area contributed by atoms with Gasteiger partial charge >= 0.3 is 0 Å². The van der Waals surface area contributed by atoms with E-state index in [1.807, 2.05) is 11.0 Å². The number of carbonyl (C=O) groups is 1. The van der Waals surface area contributed by atoms with Crippen molar-refractivity contribution in [1.29, 1.82) is 0 Å². The van der Waals surface area contributed by atoms with Gasteiger partial charge < -0.3 is 19.1 Å². The van der Waals surface area contributed by atoms with Crippen molar-refractivity contribution in [3.63, 3.8) is 0 Å². The normalized spacial score (nSPS) is 24.9. The molecule has 0 aromatic carbocycles. The van der Waals surface area contributed by atoms with E-state index in [1.54, 1.807) is 24.5 Å². The van der Waals surface area contributed by atoms with Gasteiger partial charge in [-0.25, -0.2) is 0 Å². The minimum Gasteiger partial charge on any atom is -0.394 e. The van der Waals surface area contributed by atoms with Crippen LogP contribution in [-0.4, -0.2) is 45.3 Å². The maximum absolute atomic E-state index is 13.0. The van der Waals surface area contributed by atoms with E-state index in [4.69, 9.17) is 4.52 Å². The van der Waals surface area contributed by atoms with E-state index in [-0.39, 0.29) is 36.0 Å². The number of rotatable bonds is 2. The van der Waals surface area contributed by atoms with Crippen LogP contribution in [-0.2, 0) is 0 Å². The molecule has 1 fully saturated rings. The number of aliphatic hydroxyl groups excluding tert-OH is 1. The maximum atomic E-state index is 13.0. The Kier molecular flexibility index (Phi) is 3.76. The van der Waals surface area contributed by atoms with Gasteiger partial charge in [0, 0.05) is 36.7 Å². The Balaban J connectivity index is 1.72. The highest BCUT2D eigenvalue weighted by molar-refractivity contribution is 5.96. The topological polar surface area (TPSA) is 88.6 Å². The van der Waals surface area contributed by atoms with Crippen LogP contribution in [0.1, 0.15) is 45.9 Å². The second kappa shape index (κ2) is 5.84. The van der Waals surface area contributed by atoms with Crippen LogP contribution in [0, 0.1) is 19.8 Å². The van der Waals surface area contributed by atoms with Crippen LogP contribution < -0.4 is 5.56 Å². The van der Waals surface area contributed by atoms with Crippen molar-refractivity contribution in [2.24, 2.45) is 5.92 Å². The number of likely N-dealkylation sites (tertiary alicyclic amines) is 1. The number of amides is 1. The standard InChI is InChI=1S/C18H21N3O4/c1-10-17(11(2)25-19-10)18(24)20-7-12-6-13(8-20)15(9-22)21-14(12)4-3-5-16(21)23/h3-5,12-13,15,22H,6-9H2,1-2H3/t12-,13+,15+/m1/s1. The molecule has 7 nitrogen and oxygen atoms in total. The van der Waals surface area contributed by atoms with Gasteiger partial charge in [0.15, 0.2) is 0 Å². The van der Waals surface area contributed by atoms with Crippen LogP contribution in [0.5, 0.6) is 0 Å². The molecule has 132 valence electrons.